The summed E-state index contributed by atoms with van der Waals surface area (Å²) in [6.45, 7) is 10.5. The minimum atomic E-state index is -0.276. The van der Waals surface area contributed by atoms with Crippen molar-refractivity contribution in [3.05, 3.63) is 58.7 Å². The molecule has 2 aliphatic rings. The third kappa shape index (κ3) is 5.06. The van der Waals surface area contributed by atoms with E-state index in [1.165, 1.54) is 11.1 Å². The van der Waals surface area contributed by atoms with E-state index in [1.54, 1.807) is 6.07 Å². The van der Waals surface area contributed by atoms with Crippen LogP contribution in [0.5, 0.6) is 0 Å². The number of aromatic amines is 1. The maximum atomic E-state index is 13.0. The molecule has 1 aromatic heterocycles. The minimum Gasteiger partial charge on any atom is -0.442 e. The van der Waals surface area contributed by atoms with Gasteiger partial charge in [0.2, 0.25) is 0 Å². The fraction of sp³-hybridized carbons (Fsp3) is 0.481. The smallest absolute Gasteiger partial charge is 0.410 e. The molecule has 0 spiro atoms. The molecule has 9 nitrogen and oxygen atoms in total. The van der Waals surface area contributed by atoms with Crippen LogP contribution >= 0.6 is 0 Å². The summed E-state index contributed by atoms with van der Waals surface area (Å²) >= 11 is 0. The molecule has 36 heavy (non-hydrogen) atoms. The highest BCUT2D eigenvalue weighted by Crippen LogP contribution is 2.23. The van der Waals surface area contributed by atoms with E-state index >= 15 is 0 Å². The van der Waals surface area contributed by atoms with E-state index in [-0.39, 0.29) is 18.1 Å². The lowest BCUT2D eigenvalue weighted by Gasteiger charge is -2.42. The number of benzene rings is 2. The number of carbonyl (C=O) groups excluding carboxylic acids is 2. The Labute approximate surface area is 211 Å². The van der Waals surface area contributed by atoms with Gasteiger partial charge in [-0.25, -0.2) is 4.79 Å². The van der Waals surface area contributed by atoms with Crippen molar-refractivity contribution in [2.45, 2.75) is 45.8 Å². The third-order valence-electron chi connectivity index (χ3n) is 7.69. The Morgan fingerprint density at radius 1 is 0.944 bits per heavy atom. The standard InChI is InChI=1S/C27H34N6O3/c1-18-4-5-21(16-19(18)2)20(3)36-27(35)33-14-12-31(13-15-33)23-8-10-32(11-9-23)26(34)22-6-7-24-25(17-22)29-30-28-24/h4-7,16-17,20,23H,8-15H2,1-3H3,(H,28,29,30). The van der Waals surface area contributed by atoms with Crippen LogP contribution in [0.4, 0.5) is 4.79 Å². The van der Waals surface area contributed by atoms with E-state index in [4.69, 9.17) is 4.74 Å². The fourth-order valence-electron chi connectivity index (χ4n) is 5.17. The average Bonchev–Trinajstić information content (AvgIpc) is 3.38. The molecule has 2 aromatic carbocycles. The minimum absolute atomic E-state index is 0.0452. The number of hydrogen-bond acceptors (Lipinski definition) is 6. The Balaban J connectivity index is 1.08. The number of piperidine rings is 1. The molecule has 2 fully saturated rings. The number of amides is 2. The van der Waals surface area contributed by atoms with Crippen molar-refractivity contribution in [2.75, 3.05) is 39.3 Å². The first-order valence-electron chi connectivity index (χ1n) is 12.8. The largest absolute Gasteiger partial charge is 0.442 e. The van der Waals surface area contributed by atoms with Gasteiger partial charge in [0, 0.05) is 50.9 Å². The van der Waals surface area contributed by atoms with Crippen molar-refractivity contribution in [2.24, 2.45) is 0 Å². The number of ether oxygens (including phenoxy) is 1. The van der Waals surface area contributed by atoms with Gasteiger partial charge in [0.05, 0.1) is 5.52 Å². The summed E-state index contributed by atoms with van der Waals surface area (Å²) in [5, 5.41) is 10.6. The van der Waals surface area contributed by atoms with Crippen LogP contribution in [0.1, 0.15) is 52.9 Å². The number of aryl methyl sites for hydroxylation is 2. The van der Waals surface area contributed by atoms with Crippen LogP contribution in [-0.2, 0) is 4.74 Å². The number of H-pyrrole nitrogens is 1. The zero-order chi connectivity index (χ0) is 25.2. The van der Waals surface area contributed by atoms with E-state index in [0.29, 0.717) is 30.2 Å². The highest BCUT2D eigenvalue weighted by molar-refractivity contribution is 5.97. The highest BCUT2D eigenvalue weighted by atomic mass is 16.6. The Kier molecular flexibility index (Phi) is 6.91. The zero-order valence-corrected chi connectivity index (χ0v) is 21.2. The van der Waals surface area contributed by atoms with E-state index < -0.39 is 0 Å². The molecule has 3 aromatic rings. The van der Waals surface area contributed by atoms with Crippen molar-refractivity contribution in [1.29, 1.82) is 0 Å². The molecule has 2 aliphatic heterocycles. The molecular formula is C27H34N6O3. The van der Waals surface area contributed by atoms with E-state index in [1.807, 2.05) is 34.9 Å². The molecule has 1 N–H and O–H groups in total. The molecule has 2 saturated heterocycles. The molecule has 0 aliphatic carbocycles. The number of likely N-dealkylation sites (tertiary alicyclic amines) is 1. The molecular weight excluding hydrogens is 456 g/mol. The molecule has 1 atom stereocenters. The topological polar surface area (TPSA) is 94.7 Å². The maximum absolute atomic E-state index is 13.0. The average molecular weight is 491 g/mol. The summed E-state index contributed by atoms with van der Waals surface area (Å²) < 4.78 is 5.77. The van der Waals surface area contributed by atoms with Gasteiger partial charge in [-0.05, 0) is 68.5 Å². The summed E-state index contributed by atoms with van der Waals surface area (Å²) in [4.78, 5) is 32.0. The van der Waals surface area contributed by atoms with Crippen LogP contribution in [0.15, 0.2) is 36.4 Å². The maximum Gasteiger partial charge on any atom is 0.410 e. The number of aromatic nitrogens is 3. The predicted molar refractivity (Wildman–Crippen MR) is 137 cm³/mol. The first kappa shape index (κ1) is 24.2. The van der Waals surface area contributed by atoms with Gasteiger partial charge in [0.1, 0.15) is 11.6 Å². The summed E-state index contributed by atoms with van der Waals surface area (Å²) in [7, 11) is 0. The van der Waals surface area contributed by atoms with Crippen molar-refractivity contribution < 1.29 is 14.3 Å². The second-order valence-corrected chi connectivity index (χ2v) is 9.96. The van der Waals surface area contributed by atoms with Gasteiger partial charge >= 0.3 is 6.09 Å². The quantitative estimate of drug-likeness (QED) is 0.599. The summed E-state index contributed by atoms with van der Waals surface area (Å²) in [6, 6.07) is 12.1. The lowest BCUT2D eigenvalue weighted by Crippen LogP contribution is -2.54. The molecule has 2 amide bonds. The number of hydrogen-bond donors (Lipinski definition) is 1. The Morgan fingerprint density at radius 3 is 2.42 bits per heavy atom. The molecule has 0 bridgehead atoms. The predicted octanol–water partition coefficient (Wildman–Crippen LogP) is 3.69. The molecule has 1 unspecified atom stereocenters. The molecule has 5 rings (SSSR count). The molecule has 0 radical (unpaired) electrons. The van der Waals surface area contributed by atoms with Gasteiger partial charge in [-0.3, -0.25) is 14.8 Å². The molecule has 9 heteroatoms. The van der Waals surface area contributed by atoms with Gasteiger partial charge in [-0.2, -0.15) is 0 Å². The normalized spacial score (nSPS) is 18.4. The van der Waals surface area contributed by atoms with Crippen LogP contribution in [0.3, 0.4) is 0 Å². The van der Waals surface area contributed by atoms with Gasteiger partial charge in [-0.15, -0.1) is 5.10 Å². The lowest BCUT2D eigenvalue weighted by atomic mass is 10.0. The number of fused-ring (bicyclic) bond motifs is 1. The van der Waals surface area contributed by atoms with Gasteiger partial charge in [0.25, 0.3) is 5.91 Å². The molecule has 0 saturated carbocycles. The van der Waals surface area contributed by atoms with Crippen molar-refractivity contribution in [1.82, 2.24) is 30.1 Å². The fourth-order valence-corrected chi connectivity index (χ4v) is 5.17. The van der Waals surface area contributed by atoms with Crippen molar-refractivity contribution in [3.63, 3.8) is 0 Å². The third-order valence-corrected chi connectivity index (χ3v) is 7.69. The van der Waals surface area contributed by atoms with Crippen LogP contribution in [0.2, 0.25) is 0 Å². The Morgan fingerprint density at radius 2 is 1.69 bits per heavy atom. The summed E-state index contributed by atoms with van der Waals surface area (Å²) in [5.41, 5.74) is 5.64. The van der Waals surface area contributed by atoms with Crippen LogP contribution in [-0.4, -0.2) is 87.4 Å². The van der Waals surface area contributed by atoms with Crippen LogP contribution in [0, 0.1) is 13.8 Å². The lowest BCUT2D eigenvalue weighted by molar-refractivity contribution is 0.0306. The number of rotatable bonds is 4. The SMILES string of the molecule is Cc1ccc(C(C)OC(=O)N2CCN(C3CCN(C(=O)c4ccc5[nH]nnc5c4)CC3)CC2)cc1C. The van der Waals surface area contributed by atoms with Crippen LogP contribution < -0.4 is 0 Å². The van der Waals surface area contributed by atoms with Gasteiger partial charge in [-0.1, -0.05) is 23.4 Å². The van der Waals surface area contributed by atoms with Crippen molar-refractivity contribution in [3.8, 4) is 0 Å². The number of piperazine rings is 1. The Hall–Kier alpha value is -3.46. The first-order chi connectivity index (χ1) is 17.4. The van der Waals surface area contributed by atoms with Gasteiger partial charge in [0.15, 0.2) is 0 Å². The second-order valence-electron chi connectivity index (χ2n) is 9.96. The molecule has 190 valence electrons. The van der Waals surface area contributed by atoms with Gasteiger partial charge < -0.3 is 14.5 Å². The van der Waals surface area contributed by atoms with E-state index in [0.717, 1.165) is 50.1 Å². The zero-order valence-electron chi connectivity index (χ0n) is 21.2. The highest BCUT2D eigenvalue weighted by Gasteiger charge is 2.31. The number of nitrogens with one attached hydrogen (secondary N) is 1. The van der Waals surface area contributed by atoms with Crippen molar-refractivity contribution >= 4 is 23.0 Å². The monoisotopic (exact) mass is 490 g/mol. The number of carbonyl (C=O) groups is 2. The summed E-state index contributed by atoms with van der Waals surface area (Å²) in [6.07, 6.45) is 1.35. The van der Waals surface area contributed by atoms with E-state index in [9.17, 15) is 9.59 Å². The van der Waals surface area contributed by atoms with Crippen LogP contribution in [0.25, 0.3) is 11.0 Å². The summed E-state index contributed by atoms with van der Waals surface area (Å²) in [5.74, 6) is 0.0452. The first-order valence-corrected chi connectivity index (χ1v) is 12.8. The Bertz CT molecular complexity index is 1240. The van der Waals surface area contributed by atoms with E-state index in [2.05, 4.69) is 46.3 Å². The second kappa shape index (κ2) is 10.3. The molecule has 3 heterocycles. The number of nitrogens with zero attached hydrogens (tertiary/aromatic N) is 5.